The minimum absolute atomic E-state index is 0.0348. The number of benzene rings is 1. The van der Waals surface area contributed by atoms with E-state index in [2.05, 4.69) is 0 Å². The van der Waals surface area contributed by atoms with Gasteiger partial charge in [-0.05, 0) is 30.2 Å². The lowest BCUT2D eigenvalue weighted by molar-refractivity contribution is -0.130. The molecule has 0 unspecified atom stereocenters. The molecule has 1 aromatic heterocycles. The summed E-state index contributed by atoms with van der Waals surface area (Å²) < 4.78 is 1.87. The van der Waals surface area contributed by atoms with Gasteiger partial charge in [-0.3, -0.25) is 9.59 Å². The Morgan fingerprint density at radius 2 is 1.68 bits per heavy atom. The van der Waals surface area contributed by atoms with Crippen molar-refractivity contribution in [3.63, 3.8) is 0 Å². The summed E-state index contributed by atoms with van der Waals surface area (Å²) in [5, 5.41) is 0.668. The highest BCUT2D eigenvalue weighted by atomic mass is 35.5. The maximum absolute atomic E-state index is 12.6. The largest absolute Gasteiger partial charge is 0.356 e. The lowest BCUT2D eigenvalue weighted by atomic mass is 10.1. The molecule has 0 aliphatic carbocycles. The molecule has 0 spiro atoms. The monoisotopic (exact) mass is 359 g/mol. The van der Waals surface area contributed by atoms with Gasteiger partial charge in [0.05, 0.1) is 12.0 Å². The van der Waals surface area contributed by atoms with Crippen LogP contribution in [0.4, 0.5) is 0 Å². The van der Waals surface area contributed by atoms with Gasteiger partial charge in [-0.15, -0.1) is 0 Å². The highest BCUT2D eigenvalue weighted by Gasteiger charge is 2.23. The number of amides is 2. The van der Waals surface area contributed by atoms with Crippen LogP contribution in [-0.4, -0.2) is 52.4 Å². The van der Waals surface area contributed by atoms with E-state index < -0.39 is 0 Å². The number of hydrogen-bond acceptors (Lipinski definition) is 2. The van der Waals surface area contributed by atoms with E-state index in [4.69, 9.17) is 11.6 Å². The molecule has 1 aliphatic rings. The number of carbonyl (C=O) groups is 2. The Labute approximate surface area is 152 Å². The summed E-state index contributed by atoms with van der Waals surface area (Å²) in [5.41, 5.74) is 1.65. The summed E-state index contributed by atoms with van der Waals surface area (Å²) in [7, 11) is 1.90. The van der Waals surface area contributed by atoms with E-state index in [0.29, 0.717) is 43.2 Å². The zero-order valence-corrected chi connectivity index (χ0v) is 15.1. The van der Waals surface area contributed by atoms with Gasteiger partial charge in [0.15, 0.2) is 0 Å². The third-order valence-corrected chi connectivity index (χ3v) is 4.74. The molecular formula is C19H22ClN3O2. The van der Waals surface area contributed by atoms with E-state index in [0.717, 1.165) is 12.0 Å². The van der Waals surface area contributed by atoms with Crippen LogP contribution < -0.4 is 0 Å². The molecule has 0 saturated carbocycles. The molecular weight excluding hydrogens is 338 g/mol. The first kappa shape index (κ1) is 17.5. The lowest BCUT2D eigenvalue weighted by Gasteiger charge is -2.22. The smallest absolute Gasteiger partial charge is 0.255 e. The molecule has 1 aromatic carbocycles. The topological polar surface area (TPSA) is 45.6 Å². The minimum Gasteiger partial charge on any atom is -0.356 e. The molecule has 1 saturated heterocycles. The zero-order chi connectivity index (χ0) is 17.8. The zero-order valence-electron chi connectivity index (χ0n) is 14.3. The molecule has 0 bridgehead atoms. The van der Waals surface area contributed by atoms with E-state index in [-0.39, 0.29) is 11.8 Å². The number of halogens is 1. The Bertz CT molecular complexity index is 754. The molecule has 0 atom stereocenters. The molecule has 0 radical (unpaired) electrons. The van der Waals surface area contributed by atoms with Crippen molar-refractivity contribution in [2.24, 2.45) is 7.05 Å². The Balaban J connectivity index is 1.58. The number of carbonyl (C=O) groups excluding carboxylic acids is 2. The summed E-state index contributed by atoms with van der Waals surface area (Å²) in [6.45, 7) is 2.51. The number of nitrogens with zero attached hydrogens (tertiary/aromatic N) is 3. The number of rotatable bonds is 3. The van der Waals surface area contributed by atoms with Crippen molar-refractivity contribution in [1.29, 1.82) is 0 Å². The molecule has 5 nitrogen and oxygen atoms in total. The predicted molar refractivity (Wildman–Crippen MR) is 97.7 cm³/mol. The summed E-state index contributed by atoms with van der Waals surface area (Å²) in [6.07, 6.45) is 4.86. The van der Waals surface area contributed by atoms with Crippen molar-refractivity contribution in [1.82, 2.24) is 14.4 Å². The van der Waals surface area contributed by atoms with Gasteiger partial charge in [0.1, 0.15) is 0 Å². The average Bonchev–Trinajstić information content (AvgIpc) is 2.89. The van der Waals surface area contributed by atoms with Crippen LogP contribution in [0.3, 0.4) is 0 Å². The molecule has 6 heteroatoms. The highest BCUT2D eigenvalue weighted by Crippen LogP contribution is 2.13. The van der Waals surface area contributed by atoms with Crippen molar-refractivity contribution in [3.05, 3.63) is 58.9 Å². The average molecular weight is 360 g/mol. The molecule has 1 fully saturated rings. The van der Waals surface area contributed by atoms with Gasteiger partial charge in [0.2, 0.25) is 5.91 Å². The van der Waals surface area contributed by atoms with E-state index in [1.54, 1.807) is 12.1 Å². The molecule has 1 aliphatic heterocycles. The van der Waals surface area contributed by atoms with Crippen molar-refractivity contribution in [3.8, 4) is 0 Å². The summed E-state index contributed by atoms with van der Waals surface area (Å²) in [4.78, 5) is 28.8. The van der Waals surface area contributed by atoms with Gasteiger partial charge in [0.25, 0.3) is 5.91 Å². The fourth-order valence-corrected chi connectivity index (χ4v) is 3.20. The molecule has 2 amide bonds. The van der Waals surface area contributed by atoms with Gasteiger partial charge in [-0.1, -0.05) is 23.7 Å². The van der Waals surface area contributed by atoms with Crippen LogP contribution in [0, 0.1) is 0 Å². The van der Waals surface area contributed by atoms with Crippen molar-refractivity contribution in [2.75, 3.05) is 26.2 Å². The first-order chi connectivity index (χ1) is 12.0. The second-order valence-corrected chi connectivity index (χ2v) is 6.83. The van der Waals surface area contributed by atoms with Gasteiger partial charge < -0.3 is 14.4 Å². The summed E-state index contributed by atoms with van der Waals surface area (Å²) in [5.74, 6) is 0.129. The maximum atomic E-state index is 12.6. The van der Waals surface area contributed by atoms with Crippen LogP contribution in [0.2, 0.25) is 5.02 Å². The van der Waals surface area contributed by atoms with Gasteiger partial charge in [-0.25, -0.2) is 0 Å². The molecule has 132 valence electrons. The quantitative estimate of drug-likeness (QED) is 0.845. The minimum atomic E-state index is 0.0348. The fourth-order valence-electron chi connectivity index (χ4n) is 3.07. The number of hydrogen-bond donors (Lipinski definition) is 0. The Kier molecular flexibility index (Phi) is 5.43. The van der Waals surface area contributed by atoms with E-state index in [1.807, 2.05) is 52.0 Å². The van der Waals surface area contributed by atoms with Crippen molar-refractivity contribution < 1.29 is 9.59 Å². The molecule has 2 aromatic rings. The lowest BCUT2D eigenvalue weighted by Crippen LogP contribution is -2.37. The molecule has 2 heterocycles. The maximum Gasteiger partial charge on any atom is 0.255 e. The van der Waals surface area contributed by atoms with Crippen LogP contribution in [0.5, 0.6) is 0 Å². The van der Waals surface area contributed by atoms with Crippen LogP contribution in [0.15, 0.2) is 42.7 Å². The number of aryl methyl sites for hydroxylation is 1. The Morgan fingerprint density at radius 3 is 2.36 bits per heavy atom. The fraction of sp³-hybridized carbons (Fsp3) is 0.368. The normalized spacial score (nSPS) is 15.1. The van der Waals surface area contributed by atoms with Gasteiger partial charge in [-0.2, -0.15) is 0 Å². The summed E-state index contributed by atoms with van der Waals surface area (Å²) in [6, 6.07) is 9.18. The molecule has 25 heavy (non-hydrogen) atoms. The third-order valence-electron chi connectivity index (χ3n) is 4.48. The van der Waals surface area contributed by atoms with Crippen LogP contribution in [-0.2, 0) is 18.3 Å². The van der Waals surface area contributed by atoms with Crippen LogP contribution in [0.25, 0.3) is 0 Å². The highest BCUT2D eigenvalue weighted by molar-refractivity contribution is 6.30. The van der Waals surface area contributed by atoms with E-state index in [9.17, 15) is 9.59 Å². The summed E-state index contributed by atoms with van der Waals surface area (Å²) >= 11 is 5.88. The second kappa shape index (κ2) is 7.74. The number of aromatic nitrogens is 1. The van der Waals surface area contributed by atoms with Crippen molar-refractivity contribution >= 4 is 23.4 Å². The SMILES string of the molecule is Cn1ccc(C(=O)N2CCCN(C(=O)Cc3ccc(Cl)cc3)CC2)c1. The van der Waals surface area contributed by atoms with Crippen molar-refractivity contribution in [2.45, 2.75) is 12.8 Å². The predicted octanol–water partition coefficient (Wildman–Crippen LogP) is 2.60. The first-order valence-electron chi connectivity index (χ1n) is 8.46. The van der Waals surface area contributed by atoms with Crippen LogP contribution in [0.1, 0.15) is 22.3 Å². The third kappa shape index (κ3) is 4.42. The van der Waals surface area contributed by atoms with Gasteiger partial charge in [0, 0.05) is 50.6 Å². The molecule has 3 rings (SSSR count). The van der Waals surface area contributed by atoms with Crippen LogP contribution >= 0.6 is 11.6 Å². The first-order valence-corrected chi connectivity index (χ1v) is 8.84. The standard InChI is InChI=1S/C19H22ClN3O2/c1-21-10-7-16(14-21)19(25)23-9-2-8-22(11-12-23)18(24)13-15-3-5-17(20)6-4-15/h3-7,10,14H,2,8-9,11-13H2,1H3. The van der Waals surface area contributed by atoms with E-state index >= 15 is 0 Å². The van der Waals surface area contributed by atoms with E-state index in [1.165, 1.54) is 0 Å². The second-order valence-electron chi connectivity index (χ2n) is 6.40. The Morgan fingerprint density at radius 1 is 1.00 bits per heavy atom. The molecule has 0 N–H and O–H groups in total. The Hall–Kier alpha value is -2.27. The van der Waals surface area contributed by atoms with Gasteiger partial charge >= 0.3 is 0 Å².